The van der Waals surface area contributed by atoms with Crippen LogP contribution in [0.25, 0.3) is 0 Å². The molecular weight excluding hydrogens is 290 g/mol. The van der Waals surface area contributed by atoms with E-state index >= 15 is 0 Å². The number of nitrogens with zero attached hydrogens (tertiary/aromatic N) is 2. The van der Waals surface area contributed by atoms with Crippen molar-refractivity contribution in [3.8, 4) is 0 Å². The van der Waals surface area contributed by atoms with Gasteiger partial charge in [-0.2, -0.15) is 0 Å². The number of carbonyl (C=O) groups is 1. The van der Waals surface area contributed by atoms with Gasteiger partial charge in [0.05, 0.1) is 4.90 Å². The molecule has 2 N–H and O–H groups in total. The summed E-state index contributed by atoms with van der Waals surface area (Å²) in [6.07, 6.45) is 2.16. The number of hydrogen-bond donors (Lipinski definition) is 1. The van der Waals surface area contributed by atoms with Gasteiger partial charge in [0, 0.05) is 18.4 Å². The molecule has 0 atom stereocenters. The number of benzene rings is 1. The molecule has 2 aromatic rings. The van der Waals surface area contributed by atoms with Crippen LogP contribution < -0.4 is 10.0 Å². The second-order valence-electron chi connectivity index (χ2n) is 4.76. The summed E-state index contributed by atoms with van der Waals surface area (Å²) in [6.45, 7) is 0.499. The van der Waals surface area contributed by atoms with Gasteiger partial charge in [0.15, 0.2) is 0 Å². The largest absolute Gasteiger partial charge is 0.306 e. The number of anilines is 1. The van der Waals surface area contributed by atoms with Crippen LogP contribution in [0.2, 0.25) is 0 Å². The first-order valence-corrected chi connectivity index (χ1v) is 7.90. The summed E-state index contributed by atoms with van der Waals surface area (Å²) in [6, 6.07) is 9.70. The molecule has 0 radical (unpaired) electrons. The minimum Gasteiger partial charge on any atom is -0.306 e. The van der Waals surface area contributed by atoms with Crippen molar-refractivity contribution < 1.29 is 13.2 Å². The van der Waals surface area contributed by atoms with Crippen molar-refractivity contribution in [2.45, 2.75) is 11.3 Å². The number of fused-ring (bicyclic) bond motifs is 1. The zero-order valence-electron chi connectivity index (χ0n) is 11.1. The second-order valence-corrected chi connectivity index (χ2v) is 6.32. The highest BCUT2D eigenvalue weighted by Crippen LogP contribution is 2.30. The summed E-state index contributed by atoms with van der Waals surface area (Å²) < 4.78 is 22.7. The maximum absolute atomic E-state index is 12.4. The van der Waals surface area contributed by atoms with Crippen LogP contribution in [0.1, 0.15) is 16.1 Å². The molecule has 1 amide bonds. The Morgan fingerprint density at radius 1 is 1.24 bits per heavy atom. The molecule has 108 valence electrons. The van der Waals surface area contributed by atoms with Crippen LogP contribution in [0, 0.1) is 0 Å². The summed E-state index contributed by atoms with van der Waals surface area (Å²) >= 11 is 0. The molecular formula is C14H13N3O3S. The summed E-state index contributed by atoms with van der Waals surface area (Å²) in [7, 11) is -3.73. The number of primary sulfonamides is 1. The monoisotopic (exact) mass is 303 g/mol. The summed E-state index contributed by atoms with van der Waals surface area (Å²) in [5.41, 5.74) is 1.87. The summed E-state index contributed by atoms with van der Waals surface area (Å²) in [5.74, 6) is -0.197. The van der Waals surface area contributed by atoms with Crippen LogP contribution in [0.4, 0.5) is 5.69 Å². The Balaban J connectivity index is 1.97. The van der Waals surface area contributed by atoms with Crippen molar-refractivity contribution in [2.75, 3.05) is 11.4 Å². The lowest BCUT2D eigenvalue weighted by Gasteiger charge is -2.16. The molecule has 0 bridgehead atoms. The van der Waals surface area contributed by atoms with Crippen molar-refractivity contribution >= 4 is 21.6 Å². The Morgan fingerprint density at radius 3 is 2.71 bits per heavy atom. The van der Waals surface area contributed by atoms with Gasteiger partial charge in [-0.15, -0.1) is 0 Å². The van der Waals surface area contributed by atoms with E-state index in [1.807, 2.05) is 0 Å². The second kappa shape index (κ2) is 4.94. The van der Waals surface area contributed by atoms with Crippen LogP contribution in [-0.4, -0.2) is 25.9 Å². The van der Waals surface area contributed by atoms with E-state index in [1.54, 1.807) is 35.4 Å². The Kier molecular flexibility index (Phi) is 3.23. The molecule has 21 heavy (non-hydrogen) atoms. The first-order valence-electron chi connectivity index (χ1n) is 6.35. The normalized spacial score (nSPS) is 14.0. The molecule has 3 rings (SSSR count). The highest BCUT2D eigenvalue weighted by atomic mass is 32.2. The van der Waals surface area contributed by atoms with Crippen molar-refractivity contribution in [2.24, 2.45) is 5.14 Å². The zero-order chi connectivity index (χ0) is 15.0. The van der Waals surface area contributed by atoms with E-state index in [9.17, 15) is 13.2 Å². The average molecular weight is 303 g/mol. The fraction of sp³-hybridized carbons (Fsp3) is 0.143. The van der Waals surface area contributed by atoms with Crippen molar-refractivity contribution in [3.63, 3.8) is 0 Å². The van der Waals surface area contributed by atoms with Crippen LogP contribution >= 0.6 is 0 Å². The van der Waals surface area contributed by atoms with Gasteiger partial charge in [0.1, 0.15) is 5.69 Å². The highest BCUT2D eigenvalue weighted by Gasteiger charge is 2.27. The van der Waals surface area contributed by atoms with E-state index in [-0.39, 0.29) is 10.8 Å². The van der Waals surface area contributed by atoms with Gasteiger partial charge in [0.25, 0.3) is 5.91 Å². The molecule has 1 aromatic heterocycles. The van der Waals surface area contributed by atoms with E-state index < -0.39 is 10.0 Å². The smallest absolute Gasteiger partial charge is 0.276 e. The predicted octanol–water partition coefficient (Wildman–Crippen LogP) is 0.932. The van der Waals surface area contributed by atoms with E-state index in [0.29, 0.717) is 24.3 Å². The topological polar surface area (TPSA) is 93.4 Å². The van der Waals surface area contributed by atoms with Gasteiger partial charge in [-0.05, 0) is 42.3 Å². The number of rotatable bonds is 2. The molecule has 0 unspecified atom stereocenters. The third kappa shape index (κ3) is 2.53. The molecule has 0 spiro atoms. The molecule has 1 aliphatic rings. The Morgan fingerprint density at radius 2 is 2.05 bits per heavy atom. The SMILES string of the molecule is NS(=O)(=O)c1ccc2c(c1)CCN2C(=O)c1ccccn1. The number of carbonyl (C=O) groups excluding carboxylic acids is 1. The van der Waals surface area contributed by atoms with Crippen LogP contribution in [0.3, 0.4) is 0 Å². The Bertz CT molecular complexity index is 803. The molecule has 6 nitrogen and oxygen atoms in total. The van der Waals surface area contributed by atoms with Crippen molar-refractivity contribution in [3.05, 3.63) is 53.9 Å². The van der Waals surface area contributed by atoms with E-state index in [2.05, 4.69) is 4.98 Å². The summed E-state index contributed by atoms with van der Waals surface area (Å²) in [5, 5.41) is 5.12. The Labute approximate surface area is 122 Å². The van der Waals surface area contributed by atoms with Crippen molar-refractivity contribution in [1.82, 2.24) is 4.98 Å². The molecule has 0 saturated heterocycles. The van der Waals surface area contributed by atoms with Gasteiger partial charge in [-0.1, -0.05) is 6.07 Å². The standard InChI is InChI=1S/C14H13N3O3S/c15-21(19,20)11-4-5-13-10(9-11)6-8-17(13)14(18)12-3-1-2-7-16-12/h1-5,7,9H,6,8H2,(H2,15,19,20). The lowest BCUT2D eigenvalue weighted by molar-refractivity contribution is 0.0984. The fourth-order valence-electron chi connectivity index (χ4n) is 2.39. The van der Waals surface area contributed by atoms with Crippen LogP contribution in [0.5, 0.6) is 0 Å². The first-order chi connectivity index (χ1) is 9.97. The number of amides is 1. The quantitative estimate of drug-likeness (QED) is 0.893. The molecule has 1 aromatic carbocycles. The van der Waals surface area contributed by atoms with Gasteiger partial charge in [0.2, 0.25) is 10.0 Å². The van der Waals surface area contributed by atoms with Gasteiger partial charge >= 0.3 is 0 Å². The predicted molar refractivity (Wildman–Crippen MR) is 77.4 cm³/mol. The number of sulfonamides is 1. The minimum absolute atomic E-state index is 0.0633. The average Bonchev–Trinajstić information content (AvgIpc) is 2.89. The Hall–Kier alpha value is -2.25. The van der Waals surface area contributed by atoms with Gasteiger partial charge in [-0.3, -0.25) is 9.78 Å². The molecule has 7 heteroatoms. The first kappa shape index (κ1) is 13.7. The van der Waals surface area contributed by atoms with Gasteiger partial charge < -0.3 is 4.90 Å². The molecule has 0 aliphatic carbocycles. The third-order valence-electron chi connectivity index (χ3n) is 3.40. The van der Waals surface area contributed by atoms with Crippen LogP contribution in [-0.2, 0) is 16.4 Å². The number of hydrogen-bond acceptors (Lipinski definition) is 4. The fourth-order valence-corrected chi connectivity index (χ4v) is 2.96. The number of aromatic nitrogens is 1. The lowest BCUT2D eigenvalue weighted by atomic mass is 10.2. The lowest BCUT2D eigenvalue weighted by Crippen LogP contribution is -2.29. The van der Waals surface area contributed by atoms with Gasteiger partial charge in [-0.25, -0.2) is 13.6 Å². The molecule has 1 aliphatic heterocycles. The third-order valence-corrected chi connectivity index (χ3v) is 4.32. The van der Waals surface area contributed by atoms with E-state index in [1.165, 1.54) is 12.1 Å². The minimum atomic E-state index is -3.73. The van der Waals surface area contributed by atoms with Crippen molar-refractivity contribution in [1.29, 1.82) is 0 Å². The maximum Gasteiger partial charge on any atom is 0.276 e. The van der Waals surface area contributed by atoms with E-state index in [0.717, 1.165) is 5.56 Å². The molecule has 2 heterocycles. The van der Waals surface area contributed by atoms with E-state index in [4.69, 9.17) is 5.14 Å². The number of nitrogens with two attached hydrogens (primary N) is 1. The molecule has 0 fully saturated rings. The maximum atomic E-state index is 12.4. The molecule has 0 saturated carbocycles. The highest BCUT2D eigenvalue weighted by molar-refractivity contribution is 7.89. The summed E-state index contributed by atoms with van der Waals surface area (Å²) in [4.78, 5) is 18.1. The van der Waals surface area contributed by atoms with Crippen LogP contribution in [0.15, 0.2) is 47.5 Å². The number of pyridine rings is 1. The zero-order valence-corrected chi connectivity index (χ0v) is 11.9.